The van der Waals surface area contributed by atoms with Crippen LogP contribution >= 0.6 is 11.8 Å². The van der Waals surface area contributed by atoms with Crippen LogP contribution in [0.3, 0.4) is 0 Å². The molecule has 0 unspecified atom stereocenters. The molecule has 102 valence electrons. The van der Waals surface area contributed by atoms with Crippen LogP contribution in [0.4, 0.5) is 4.39 Å². The van der Waals surface area contributed by atoms with Gasteiger partial charge in [0.1, 0.15) is 5.82 Å². The Kier molecular flexibility index (Phi) is 3.78. The molecule has 0 aromatic heterocycles. The van der Waals surface area contributed by atoms with Crippen LogP contribution in [0, 0.1) is 11.2 Å². The van der Waals surface area contributed by atoms with Crippen LogP contribution in [0.5, 0.6) is 0 Å². The molecule has 0 amide bonds. The fourth-order valence-corrected chi connectivity index (χ4v) is 4.02. The van der Waals surface area contributed by atoms with E-state index in [1.807, 2.05) is 23.9 Å². The van der Waals surface area contributed by atoms with E-state index in [2.05, 4.69) is 5.32 Å². The number of hydrogen-bond acceptors (Lipinski definition) is 3. The number of benzene rings is 1. The highest BCUT2D eigenvalue weighted by Gasteiger charge is 2.36. The minimum atomic E-state index is -0.184. The maximum atomic E-state index is 12.8. The Hall–Kier alpha value is -1.03. The maximum Gasteiger partial charge on any atom is 0.156 e. The van der Waals surface area contributed by atoms with Gasteiger partial charge in [-0.25, -0.2) is 4.39 Å². The van der Waals surface area contributed by atoms with E-state index in [-0.39, 0.29) is 5.82 Å². The van der Waals surface area contributed by atoms with Crippen LogP contribution in [0.15, 0.2) is 29.3 Å². The summed E-state index contributed by atoms with van der Waals surface area (Å²) in [6.45, 7) is 1.70. The van der Waals surface area contributed by atoms with Crippen molar-refractivity contribution in [1.29, 1.82) is 0 Å². The summed E-state index contributed by atoms with van der Waals surface area (Å²) in [6, 6.07) is 6.63. The van der Waals surface area contributed by atoms with Gasteiger partial charge in [0.25, 0.3) is 0 Å². The van der Waals surface area contributed by atoms with Crippen LogP contribution in [0.25, 0.3) is 0 Å². The molecule has 1 aliphatic carbocycles. The lowest BCUT2D eigenvalue weighted by Crippen LogP contribution is -2.33. The van der Waals surface area contributed by atoms with Crippen LogP contribution in [0.2, 0.25) is 0 Å². The van der Waals surface area contributed by atoms with Crippen LogP contribution in [-0.4, -0.2) is 17.5 Å². The predicted molar refractivity (Wildman–Crippen MR) is 78.9 cm³/mol. The molecule has 1 heterocycles. The first-order chi connectivity index (χ1) is 9.26. The van der Waals surface area contributed by atoms with Gasteiger partial charge in [-0.1, -0.05) is 36.7 Å². The van der Waals surface area contributed by atoms with Crippen molar-refractivity contribution in [2.24, 2.45) is 10.4 Å². The molecule has 1 saturated carbocycles. The number of amidine groups is 1. The van der Waals surface area contributed by atoms with E-state index >= 15 is 0 Å². The minimum Gasteiger partial charge on any atom is -0.361 e. The van der Waals surface area contributed by atoms with Gasteiger partial charge in [0.05, 0.1) is 0 Å². The molecule has 1 spiro atoms. The summed E-state index contributed by atoms with van der Waals surface area (Å²) in [5.74, 6) is 1.01. The highest BCUT2D eigenvalue weighted by Crippen LogP contribution is 2.43. The highest BCUT2D eigenvalue weighted by molar-refractivity contribution is 8.13. The second-order valence-corrected chi connectivity index (χ2v) is 6.56. The summed E-state index contributed by atoms with van der Waals surface area (Å²) in [5, 5.41) is 4.40. The second-order valence-electron chi connectivity index (χ2n) is 5.60. The van der Waals surface area contributed by atoms with E-state index in [0.717, 1.165) is 23.8 Å². The van der Waals surface area contributed by atoms with Gasteiger partial charge >= 0.3 is 0 Å². The Morgan fingerprint density at radius 2 is 1.95 bits per heavy atom. The average molecular weight is 278 g/mol. The Labute approximate surface area is 117 Å². The molecule has 4 heteroatoms. The number of thioether (sulfide) groups is 1. The van der Waals surface area contributed by atoms with Crippen LogP contribution in [-0.2, 0) is 6.54 Å². The van der Waals surface area contributed by atoms with Gasteiger partial charge in [-0.3, -0.25) is 4.99 Å². The zero-order valence-corrected chi connectivity index (χ0v) is 11.8. The molecule has 1 N–H and O–H groups in total. The summed E-state index contributed by atoms with van der Waals surface area (Å²) >= 11 is 1.85. The van der Waals surface area contributed by atoms with Crippen molar-refractivity contribution in [1.82, 2.24) is 5.32 Å². The van der Waals surface area contributed by atoms with E-state index in [9.17, 15) is 4.39 Å². The van der Waals surface area contributed by atoms with Gasteiger partial charge in [0, 0.05) is 18.8 Å². The first-order valence-corrected chi connectivity index (χ1v) is 7.90. The maximum absolute atomic E-state index is 12.8. The van der Waals surface area contributed by atoms with E-state index in [0.29, 0.717) is 5.41 Å². The number of nitrogens with zero attached hydrogens (tertiary/aromatic N) is 1. The summed E-state index contributed by atoms with van der Waals surface area (Å²) in [5.41, 5.74) is 1.58. The number of rotatable bonds is 2. The molecular formula is C15H19FN2S. The Balaban J connectivity index is 1.54. The SMILES string of the molecule is Fc1ccc(CNC2=NCC3(CCCC3)CS2)cc1. The lowest BCUT2D eigenvalue weighted by molar-refractivity contribution is 0.358. The molecule has 1 aromatic rings. The van der Waals surface area contributed by atoms with Crippen molar-refractivity contribution >= 4 is 16.9 Å². The number of halogens is 1. The molecule has 2 aliphatic rings. The molecular weight excluding hydrogens is 259 g/mol. The van der Waals surface area contributed by atoms with Crippen molar-refractivity contribution in [3.63, 3.8) is 0 Å². The van der Waals surface area contributed by atoms with E-state index in [1.54, 1.807) is 0 Å². The Morgan fingerprint density at radius 3 is 2.58 bits per heavy atom. The molecule has 1 aliphatic heterocycles. The first kappa shape index (κ1) is 13.0. The Bertz CT molecular complexity index is 464. The smallest absolute Gasteiger partial charge is 0.156 e. The lowest BCUT2D eigenvalue weighted by Gasteiger charge is -2.31. The summed E-state index contributed by atoms with van der Waals surface area (Å²) in [7, 11) is 0. The zero-order chi connectivity index (χ0) is 13.1. The summed E-state index contributed by atoms with van der Waals surface area (Å²) < 4.78 is 12.8. The molecule has 0 atom stereocenters. The van der Waals surface area contributed by atoms with Gasteiger partial charge in [-0.15, -0.1) is 0 Å². The molecule has 1 fully saturated rings. The average Bonchev–Trinajstić information content (AvgIpc) is 2.89. The van der Waals surface area contributed by atoms with Crippen LogP contribution in [0.1, 0.15) is 31.2 Å². The van der Waals surface area contributed by atoms with Gasteiger partial charge < -0.3 is 5.32 Å². The number of aliphatic imine (C=N–C) groups is 1. The van der Waals surface area contributed by atoms with Gasteiger partial charge in [-0.2, -0.15) is 0 Å². The topological polar surface area (TPSA) is 24.4 Å². The quantitative estimate of drug-likeness (QED) is 0.894. The number of nitrogens with one attached hydrogen (secondary N) is 1. The molecule has 0 bridgehead atoms. The van der Waals surface area contributed by atoms with Crippen molar-refractivity contribution < 1.29 is 4.39 Å². The van der Waals surface area contributed by atoms with Gasteiger partial charge in [0.2, 0.25) is 0 Å². The second kappa shape index (κ2) is 5.53. The highest BCUT2D eigenvalue weighted by atomic mass is 32.2. The largest absolute Gasteiger partial charge is 0.361 e. The third-order valence-corrected chi connectivity index (χ3v) is 5.40. The van der Waals surface area contributed by atoms with Crippen LogP contribution < -0.4 is 5.32 Å². The van der Waals surface area contributed by atoms with Crippen molar-refractivity contribution in [2.75, 3.05) is 12.3 Å². The molecule has 0 saturated heterocycles. The van der Waals surface area contributed by atoms with E-state index in [4.69, 9.17) is 4.99 Å². The fourth-order valence-electron chi connectivity index (χ4n) is 2.87. The zero-order valence-electron chi connectivity index (χ0n) is 11.0. The van der Waals surface area contributed by atoms with Crippen molar-refractivity contribution in [3.8, 4) is 0 Å². The molecule has 19 heavy (non-hydrogen) atoms. The third-order valence-electron chi connectivity index (χ3n) is 4.09. The van der Waals surface area contributed by atoms with Gasteiger partial charge in [-0.05, 0) is 36.0 Å². The standard InChI is InChI=1S/C15H19FN2S/c16-13-5-3-12(4-6-13)9-17-14-18-10-15(11-19-14)7-1-2-8-15/h3-6H,1-2,7-11H2,(H,17,18). The minimum absolute atomic E-state index is 0.184. The monoisotopic (exact) mass is 278 g/mol. The summed E-state index contributed by atoms with van der Waals surface area (Å²) in [6.07, 6.45) is 5.42. The molecule has 0 radical (unpaired) electrons. The van der Waals surface area contributed by atoms with E-state index in [1.165, 1.54) is 43.6 Å². The van der Waals surface area contributed by atoms with Crippen molar-refractivity contribution in [3.05, 3.63) is 35.6 Å². The molecule has 2 nitrogen and oxygen atoms in total. The van der Waals surface area contributed by atoms with E-state index < -0.39 is 0 Å². The lowest BCUT2D eigenvalue weighted by atomic mass is 9.89. The fraction of sp³-hybridized carbons (Fsp3) is 0.533. The summed E-state index contributed by atoms with van der Waals surface area (Å²) in [4.78, 5) is 4.69. The van der Waals surface area contributed by atoms with Crippen molar-refractivity contribution in [2.45, 2.75) is 32.2 Å². The molecule has 3 rings (SSSR count). The molecule has 1 aromatic carbocycles. The van der Waals surface area contributed by atoms with Gasteiger partial charge in [0.15, 0.2) is 5.17 Å². The number of hydrogen-bond donors (Lipinski definition) is 1. The Morgan fingerprint density at radius 1 is 1.21 bits per heavy atom. The first-order valence-electron chi connectivity index (χ1n) is 6.91. The predicted octanol–water partition coefficient (Wildman–Crippen LogP) is 3.58. The third kappa shape index (κ3) is 3.11. The normalized spacial score (nSPS) is 21.4.